The topological polar surface area (TPSA) is 108 Å². The highest BCUT2D eigenvalue weighted by molar-refractivity contribution is 5.84. The molecule has 3 rings (SSSR count). The monoisotopic (exact) mass is 398 g/mol. The number of nitrogens with zero attached hydrogens (tertiary/aromatic N) is 4. The van der Waals surface area contributed by atoms with Crippen molar-refractivity contribution in [2.24, 2.45) is 0 Å². The molecule has 0 aliphatic carbocycles. The molecular formula is C21H30N6O2. The quantitative estimate of drug-likeness (QED) is 0.436. The van der Waals surface area contributed by atoms with Crippen molar-refractivity contribution in [3.05, 3.63) is 35.7 Å². The molecule has 4 N–H and O–H groups in total. The van der Waals surface area contributed by atoms with Crippen LogP contribution < -0.4 is 10.6 Å². The van der Waals surface area contributed by atoms with Gasteiger partial charge in [-0.25, -0.2) is 4.98 Å². The summed E-state index contributed by atoms with van der Waals surface area (Å²) in [6, 6.07) is 5.81. The summed E-state index contributed by atoms with van der Waals surface area (Å²) in [5.74, 6) is 1.26. The van der Waals surface area contributed by atoms with Gasteiger partial charge in [0.25, 0.3) is 0 Å². The number of hydrogen-bond acceptors (Lipinski definition) is 7. The van der Waals surface area contributed by atoms with Crippen LogP contribution in [0.2, 0.25) is 0 Å². The third-order valence-electron chi connectivity index (χ3n) is 4.99. The summed E-state index contributed by atoms with van der Waals surface area (Å²) in [6.45, 7) is 8.75. The maximum Gasteiger partial charge on any atom is 0.226 e. The fourth-order valence-corrected chi connectivity index (χ4v) is 3.34. The molecule has 8 nitrogen and oxygen atoms in total. The molecule has 1 unspecified atom stereocenters. The highest BCUT2D eigenvalue weighted by Crippen LogP contribution is 2.27. The normalized spacial score (nSPS) is 12.5. The number of imidazole rings is 1. The van der Waals surface area contributed by atoms with E-state index >= 15 is 0 Å². The Kier molecular flexibility index (Phi) is 6.53. The van der Waals surface area contributed by atoms with Gasteiger partial charge in [-0.1, -0.05) is 31.5 Å². The van der Waals surface area contributed by atoms with Crippen LogP contribution in [0.25, 0.3) is 11.2 Å². The minimum atomic E-state index is -0.515. The molecule has 0 saturated heterocycles. The van der Waals surface area contributed by atoms with Gasteiger partial charge in [-0.2, -0.15) is 9.97 Å². The van der Waals surface area contributed by atoms with Crippen LogP contribution in [0.4, 0.5) is 11.8 Å². The van der Waals surface area contributed by atoms with Gasteiger partial charge in [0.15, 0.2) is 17.0 Å². The number of hydrogen-bond donors (Lipinski definition) is 4. The van der Waals surface area contributed by atoms with Gasteiger partial charge >= 0.3 is 0 Å². The first-order chi connectivity index (χ1) is 13.9. The number of aliphatic hydroxyl groups is 1. The predicted molar refractivity (Wildman–Crippen MR) is 115 cm³/mol. The molecule has 0 radical (unpaired) electrons. The predicted octanol–water partition coefficient (Wildman–Crippen LogP) is 3.61. The van der Waals surface area contributed by atoms with Gasteiger partial charge in [-0.3, -0.25) is 0 Å². The molecule has 0 aliphatic heterocycles. The van der Waals surface area contributed by atoms with Crippen molar-refractivity contribution >= 4 is 22.9 Å². The van der Waals surface area contributed by atoms with Crippen LogP contribution in [0.3, 0.4) is 0 Å². The van der Waals surface area contributed by atoms with Gasteiger partial charge in [-0.05, 0) is 32.8 Å². The van der Waals surface area contributed by atoms with E-state index < -0.39 is 6.10 Å². The van der Waals surface area contributed by atoms with Crippen LogP contribution in [0.5, 0.6) is 5.75 Å². The Morgan fingerprint density at radius 2 is 1.90 bits per heavy atom. The summed E-state index contributed by atoms with van der Waals surface area (Å²) in [5, 5.41) is 26.1. The van der Waals surface area contributed by atoms with Crippen molar-refractivity contribution in [2.45, 2.75) is 59.2 Å². The number of aromatic hydroxyl groups is 1. The summed E-state index contributed by atoms with van der Waals surface area (Å²) in [5.41, 5.74) is 3.30. The van der Waals surface area contributed by atoms with Gasteiger partial charge in [0.1, 0.15) is 5.75 Å². The third-order valence-corrected chi connectivity index (χ3v) is 4.99. The number of anilines is 2. The molecule has 1 aromatic carbocycles. The Bertz CT molecular complexity index is 965. The van der Waals surface area contributed by atoms with Crippen LogP contribution in [-0.4, -0.2) is 42.4 Å². The van der Waals surface area contributed by atoms with Crippen LogP contribution in [0.1, 0.15) is 50.8 Å². The number of aliphatic hydroxyl groups excluding tert-OH is 1. The zero-order valence-corrected chi connectivity index (χ0v) is 17.5. The average Bonchev–Trinajstić information content (AvgIpc) is 3.12. The molecule has 8 heteroatoms. The van der Waals surface area contributed by atoms with Gasteiger partial charge < -0.3 is 25.4 Å². The number of rotatable bonds is 9. The molecular weight excluding hydrogens is 368 g/mol. The van der Waals surface area contributed by atoms with E-state index in [0.717, 1.165) is 29.6 Å². The lowest BCUT2D eigenvalue weighted by Crippen LogP contribution is -2.18. The van der Waals surface area contributed by atoms with Crippen molar-refractivity contribution in [3.63, 3.8) is 0 Å². The Morgan fingerprint density at radius 3 is 2.59 bits per heavy atom. The molecule has 3 aromatic rings. The minimum Gasteiger partial charge on any atom is -0.508 e. The Balaban J connectivity index is 1.98. The summed E-state index contributed by atoms with van der Waals surface area (Å²) in [4.78, 5) is 13.8. The van der Waals surface area contributed by atoms with Crippen LogP contribution in [-0.2, 0) is 6.54 Å². The molecule has 29 heavy (non-hydrogen) atoms. The molecule has 0 fully saturated rings. The average molecular weight is 399 g/mol. The maximum atomic E-state index is 10.1. The number of phenolic OH excluding ortho intramolecular Hbond substituents is 1. The molecule has 2 aromatic heterocycles. The number of fused-ring (bicyclic) bond motifs is 1. The van der Waals surface area contributed by atoms with Crippen molar-refractivity contribution < 1.29 is 10.2 Å². The van der Waals surface area contributed by atoms with Gasteiger partial charge in [-0.15, -0.1) is 0 Å². The van der Waals surface area contributed by atoms with Gasteiger partial charge in [0, 0.05) is 24.7 Å². The summed E-state index contributed by atoms with van der Waals surface area (Å²) in [6.07, 6.45) is 3.24. The molecule has 0 amide bonds. The minimum absolute atomic E-state index is 0.239. The molecule has 0 aliphatic rings. The third kappa shape index (κ3) is 4.76. The van der Waals surface area contributed by atoms with E-state index in [1.807, 2.05) is 25.4 Å². The van der Waals surface area contributed by atoms with Crippen molar-refractivity contribution in [2.75, 3.05) is 17.2 Å². The molecule has 0 spiro atoms. The van der Waals surface area contributed by atoms with E-state index in [-0.39, 0.29) is 5.75 Å². The molecule has 1 atom stereocenters. The van der Waals surface area contributed by atoms with E-state index in [2.05, 4.69) is 44.0 Å². The van der Waals surface area contributed by atoms with Crippen molar-refractivity contribution in [1.82, 2.24) is 19.5 Å². The highest BCUT2D eigenvalue weighted by Gasteiger charge is 2.17. The second-order valence-corrected chi connectivity index (χ2v) is 7.41. The van der Waals surface area contributed by atoms with E-state index in [0.29, 0.717) is 36.4 Å². The lowest BCUT2D eigenvalue weighted by molar-refractivity contribution is 0.208. The first-order valence-electron chi connectivity index (χ1n) is 10.1. The number of nitrogens with one attached hydrogen (secondary N) is 2. The lowest BCUT2D eigenvalue weighted by atomic mass is 10.1. The fourth-order valence-electron chi connectivity index (χ4n) is 3.34. The number of phenols is 1. The molecule has 2 heterocycles. The lowest BCUT2D eigenvalue weighted by Gasteiger charge is -2.16. The van der Waals surface area contributed by atoms with E-state index in [4.69, 9.17) is 0 Å². The van der Waals surface area contributed by atoms with Crippen LogP contribution in [0, 0.1) is 6.92 Å². The van der Waals surface area contributed by atoms with E-state index in [9.17, 15) is 10.2 Å². The number of aryl methyl sites for hydroxylation is 1. The van der Waals surface area contributed by atoms with E-state index in [1.165, 1.54) is 0 Å². The summed E-state index contributed by atoms with van der Waals surface area (Å²) >= 11 is 0. The van der Waals surface area contributed by atoms with Crippen molar-refractivity contribution in [1.29, 1.82) is 0 Å². The smallest absolute Gasteiger partial charge is 0.226 e. The Hall–Kier alpha value is -2.87. The van der Waals surface area contributed by atoms with E-state index in [1.54, 1.807) is 13.0 Å². The summed E-state index contributed by atoms with van der Waals surface area (Å²) < 4.78 is 2.08. The first-order valence-corrected chi connectivity index (χ1v) is 10.1. The van der Waals surface area contributed by atoms with Gasteiger partial charge in [0.05, 0.1) is 12.4 Å². The second kappa shape index (κ2) is 9.09. The largest absolute Gasteiger partial charge is 0.508 e. The first kappa shape index (κ1) is 20.9. The SMILES string of the molecule is CCC(CC)n1cnc2c(NCc3cc(C)ccc3O)nc(NCC(C)O)nc21. The summed E-state index contributed by atoms with van der Waals surface area (Å²) in [7, 11) is 0. The van der Waals surface area contributed by atoms with Crippen LogP contribution >= 0.6 is 0 Å². The molecule has 0 saturated carbocycles. The van der Waals surface area contributed by atoms with Gasteiger partial charge in [0.2, 0.25) is 5.95 Å². The Labute approximate surface area is 171 Å². The zero-order valence-electron chi connectivity index (χ0n) is 17.5. The standard InChI is InChI=1S/C21H30N6O2/c1-5-16(6-2)27-12-24-18-19(22-11-15-9-13(3)7-8-17(15)29)25-21(26-20(18)27)23-10-14(4)28/h7-9,12,14,16,28-29H,5-6,10-11H2,1-4H3,(H2,22,23,25,26). The zero-order chi connectivity index (χ0) is 21.0. The highest BCUT2D eigenvalue weighted by atomic mass is 16.3. The fraction of sp³-hybridized carbons (Fsp3) is 0.476. The maximum absolute atomic E-state index is 10.1. The van der Waals surface area contributed by atoms with Crippen LogP contribution in [0.15, 0.2) is 24.5 Å². The number of benzene rings is 1. The Morgan fingerprint density at radius 1 is 1.14 bits per heavy atom. The second-order valence-electron chi connectivity index (χ2n) is 7.41. The molecule has 0 bridgehead atoms. The molecule has 156 valence electrons. The number of aromatic nitrogens is 4. The van der Waals surface area contributed by atoms with Crippen molar-refractivity contribution in [3.8, 4) is 5.75 Å².